The number of hydrogen-bond acceptors (Lipinski definition) is 6. The van der Waals surface area contributed by atoms with E-state index >= 15 is 0 Å². The van der Waals surface area contributed by atoms with Crippen molar-refractivity contribution in [3.8, 4) is 11.5 Å². The highest BCUT2D eigenvalue weighted by Gasteiger charge is 2.32. The Morgan fingerprint density at radius 1 is 1.06 bits per heavy atom. The van der Waals surface area contributed by atoms with Gasteiger partial charge in [-0.2, -0.15) is 0 Å². The third-order valence-corrected chi connectivity index (χ3v) is 6.17. The molecule has 0 amide bonds. The molecular formula is C23H30N4O3S. The van der Waals surface area contributed by atoms with Crippen LogP contribution in [0.1, 0.15) is 48.2 Å². The molecule has 0 spiro atoms. The molecule has 2 aliphatic heterocycles. The first-order chi connectivity index (χ1) is 14.9. The fourth-order valence-electron chi connectivity index (χ4n) is 4.14. The SMILES string of the molecule is CC(C)c1cc(C2NNC(=S)N2Cc2cccc(CN3CCOCC3)c2)c(O)cc1O. The van der Waals surface area contributed by atoms with Crippen LogP contribution in [0.3, 0.4) is 0 Å². The topological polar surface area (TPSA) is 80.2 Å². The number of rotatable bonds is 6. The molecule has 31 heavy (non-hydrogen) atoms. The minimum absolute atomic E-state index is 0.0389. The Morgan fingerprint density at radius 3 is 2.48 bits per heavy atom. The van der Waals surface area contributed by atoms with Crippen LogP contribution in [0.4, 0.5) is 0 Å². The highest BCUT2D eigenvalue weighted by molar-refractivity contribution is 7.80. The van der Waals surface area contributed by atoms with Crippen molar-refractivity contribution in [2.75, 3.05) is 26.3 Å². The van der Waals surface area contributed by atoms with Crippen molar-refractivity contribution in [2.24, 2.45) is 0 Å². The highest BCUT2D eigenvalue weighted by atomic mass is 32.1. The molecule has 7 nitrogen and oxygen atoms in total. The molecule has 0 radical (unpaired) electrons. The summed E-state index contributed by atoms with van der Waals surface area (Å²) in [4.78, 5) is 4.41. The van der Waals surface area contributed by atoms with Crippen LogP contribution in [-0.4, -0.2) is 51.4 Å². The third-order valence-electron chi connectivity index (χ3n) is 5.84. The Bertz CT molecular complexity index is 946. The van der Waals surface area contributed by atoms with Crippen molar-refractivity contribution in [2.45, 2.75) is 39.0 Å². The summed E-state index contributed by atoms with van der Waals surface area (Å²) in [6.45, 7) is 9.00. The smallest absolute Gasteiger partial charge is 0.185 e. The van der Waals surface area contributed by atoms with E-state index < -0.39 is 0 Å². The molecule has 4 rings (SSSR count). The van der Waals surface area contributed by atoms with Gasteiger partial charge in [0.2, 0.25) is 0 Å². The number of benzene rings is 2. The molecule has 4 N–H and O–H groups in total. The number of phenols is 2. The Balaban J connectivity index is 1.54. The van der Waals surface area contributed by atoms with Crippen LogP contribution in [0, 0.1) is 0 Å². The summed E-state index contributed by atoms with van der Waals surface area (Å²) >= 11 is 5.53. The average molecular weight is 443 g/mol. The lowest BCUT2D eigenvalue weighted by atomic mass is 9.97. The molecule has 2 fully saturated rings. The number of hydrogen-bond donors (Lipinski definition) is 4. The first-order valence-corrected chi connectivity index (χ1v) is 11.1. The molecule has 2 aromatic carbocycles. The molecule has 0 bridgehead atoms. The standard InChI is InChI=1S/C23H30N4O3S/c1-15(2)18-11-19(21(29)12-20(18)28)22-24-25-23(31)27(22)14-17-5-3-4-16(10-17)13-26-6-8-30-9-7-26/h3-5,10-12,15,22,24,28-29H,6-9,13-14H2,1-2H3,(H,25,31). The van der Waals surface area contributed by atoms with Crippen LogP contribution in [-0.2, 0) is 17.8 Å². The van der Waals surface area contributed by atoms with E-state index in [4.69, 9.17) is 17.0 Å². The minimum atomic E-state index is -0.339. The number of nitrogens with one attached hydrogen (secondary N) is 2. The van der Waals surface area contributed by atoms with E-state index in [9.17, 15) is 10.2 Å². The molecule has 0 saturated carbocycles. The van der Waals surface area contributed by atoms with Crippen molar-refractivity contribution >= 4 is 17.3 Å². The van der Waals surface area contributed by atoms with E-state index in [2.05, 4.69) is 40.0 Å². The third kappa shape index (κ3) is 4.93. The van der Waals surface area contributed by atoms with Crippen LogP contribution < -0.4 is 10.9 Å². The van der Waals surface area contributed by atoms with Gasteiger partial charge in [0.05, 0.1) is 13.2 Å². The zero-order valence-corrected chi connectivity index (χ0v) is 18.8. The van der Waals surface area contributed by atoms with Crippen LogP contribution >= 0.6 is 12.2 Å². The molecular weight excluding hydrogens is 412 g/mol. The Labute approximate surface area is 188 Å². The van der Waals surface area contributed by atoms with Crippen LogP contribution in [0.2, 0.25) is 0 Å². The molecule has 8 heteroatoms. The van der Waals surface area contributed by atoms with Crippen molar-refractivity contribution in [1.29, 1.82) is 0 Å². The number of aromatic hydroxyl groups is 2. The molecule has 0 aliphatic carbocycles. The number of morpholine rings is 1. The lowest BCUT2D eigenvalue weighted by molar-refractivity contribution is 0.0342. The predicted octanol–water partition coefficient (Wildman–Crippen LogP) is 2.95. The van der Waals surface area contributed by atoms with Gasteiger partial charge in [-0.05, 0) is 40.9 Å². The largest absolute Gasteiger partial charge is 0.508 e. The summed E-state index contributed by atoms with van der Waals surface area (Å²) in [5, 5.41) is 21.3. The lowest BCUT2D eigenvalue weighted by Gasteiger charge is -2.28. The first kappa shape index (κ1) is 21.8. The maximum absolute atomic E-state index is 10.5. The minimum Gasteiger partial charge on any atom is -0.508 e. The Hall–Kier alpha value is -2.39. The molecule has 1 unspecified atom stereocenters. The summed E-state index contributed by atoms with van der Waals surface area (Å²) in [6, 6.07) is 11.8. The molecule has 0 aromatic heterocycles. The summed E-state index contributed by atoms with van der Waals surface area (Å²) in [5.41, 5.74) is 10.1. The molecule has 1 atom stereocenters. The molecule has 2 heterocycles. The van der Waals surface area contributed by atoms with Crippen molar-refractivity contribution in [1.82, 2.24) is 20.7 Å². The van der Waals surface area contributed by atoms with Gasteiger partial charge in [0, 0.05) is 37.8 Å². The summed E-state index contributed by atoms with van der Waals surface area (Å²) < 4.78 is 5.44. The van der Waals surface area contributed by atoms with Crippen molar-refractivity contribution in [3.05, 3.63) is 58.7 Å². The maximum atomic E-state index is 10.5. The molecule has 2 saturated heterocycles. The number of thiocarbonyl (C=S) groups is 1. The number of phenolic OH excluding ortho intramolecular Hbond substituents is 2. The fourth-order valence-corrected chi connectivity index (χ4v) is 4.37. The van der Waals surface area contributed by atoms with E-state index in [1.54, 1.807) is 0 Å². The summed E-state index contributed by atoms with van der Waals surface area (Å²) in [5.74, 6) is 0.273. The van der Waals surface area contributed by atoms with Gasteiger partial charge in [-0.1, -0.05) is 38.1 Å². The van der Waals surface area contributed by atoms with Gasteiger partial charge in [-0.25, -0.2) is 5.43 Å². The monoisotopic (exact) mass is 442 g/mol. The van der Waals surface area contributed by atoms with Gasteiger partial charge < -0.3 is 19.8 Å². The van der Waals surface area contributed by atoms with Gasteiger partial charge in [-0.15, -0.1) is 0 Å². The van der Waals surface area contributed by atoms with E-state index in [1.165, 1.54) is 11.6 Å². The van der Waals surface area contributed by atoms with Crippen LogP contribution in [0.25, 0.3) is 0 Å². The zero-order valence-electron chi connectivity index (χ0n) is 18.0. The Kier molecular flexibility index (Phi) is 6.62. The van der Waals surface area contributed by atoms with Gasteiger partial charge in [0.1, 0.15) is 17.7 Å². The predicted molar refractivity (Wildman–Crippen MR) is 124 cm³/mol. The molecule has 2 aromatic rings. The van der Waals surface area contributed by atoms with Gasteiger partial charge in [0.15, 0.2) is 5.11 Å². The van der Waals surface area contributed by atoms with Crippen LogP contribution in [0.5, 0.6) is 11.5 Å². The second-order valence-electron chi connectivity index (χ2n) is 8.44. The van der Waals surface area contributed by atoms with Gasteiger partial charge >= 0.3 is 0 Å². The normalized spacial score (nSPS) is 19.8. The molecule has 166 valence electrons. The molecule has 2 aliphatic rings. The zero-order chi connectivity index (χ0) is 22.0. The maximum Gasteiger partial charge on any atom is 0.185 e. The van der Waals surface area contributed by atoms with Crippen molar-refractivity contribution < 1.29 is 14.9 Å². The number of ether oxygens (including phenoxy) is 1. The van der Waals surface area contributed by atoms with Crippen molar-refractivity contribution in [3.63, 3.8) is 0 Å². The van der Waals surface area contributed by atoms with E-state index in [0.29, 0.717) is 17.2 Å². The average Bonchev–Trinajstić information content (AvgIpc) is 3.09. The number of nitrogens with zero attached hydrogens (tertiary/aromatic N) is 2. The second kappa shape index (κ2) is 9.40. The number of hydrazine groups is 1. The second-order valence-corrected chi connectivity index (χ2v) is 8.82. The van der Waals surface area contributed by atoms with Crippen LogP contribution in [0.15, 0.2) is 36.4 Å². The fraction of sp³-hybridized carbons (Fsp3) is 0.435. The lowest BCUT2D eigenvalue weighted by Crippen LogP contribution is -2.35. The van der Waals surface area contributed by atoms with E-state index in [1.807, 2.05) is 24.8 Å². The summed E-state index contributed by atoms with van der Waals surface area (Å²) in [7, 11) is 0. The Morgan fingerprint density at radius 2 is 1.77 bits per heavy atom. The van der Waals surface area contributed by atoms with E-state index in [-0.39, 0.29) is 23.6 Å². The highest BCUT2D eigenvalue weighted by Crippen LogP contribution is 2.37. The summed E-state index contributed by atoms with van der Waals surface area (Å²) in [6.07, 6.45) is -0.339. The first-order valence-electron chi connectivity index (χ1n) is 10.7. The van der Waals surface area contributed by atoms with Gasteiger partial charge in [0.25, 0.3) is 0 Å². The van der Waals surface area contributed by atoms with E-state index in [0.717, 1.165) is 44.0 Å². The quantitative estimate of drug-likeness (QED) is 0.509. The van der Waals surface area contributed by atoms with Gasteiger partial charge in [-0.3, -0.25) is 10.3 Å².